The molecular formula is C11H18O. The van der Waals surface area contributed by atoms with E-state index in [1.54, 1.807) is 0 Å². The van der Waals surface area contributed by atoms with Crippen LogP contribution in [0.5, 0.6) is 0 Å². The van der Waals surface area contributed by atoms with Gasteiger partial charge in [0.05, 0.1) is 0 Å². The molecule has 1 heteroatoms. The first kappa shape index (κ1) is 8.28. The lowest BCUT2D eigenvalue weighted by Crippen LogP contribution is -2.33. The quantitative estimate of drug-likeness (QED) is 0.541. The summed E-state index contributed by atoms with van der Waals surface area (Å²) in [5.74, 6) is 2.07. The van der Waals surface area contributed by atoms with E-state index in [0.717, 1.165) is 25.2 Å². The predicted molar refractivity (Wildman–Crippen MR) is 48.9 cm³/mol. The summed E-state index contributed by atoms with van der Waals surface area (Å²) in [5, 5.41) is 0. The van der Waals surface area contributed by atoms with E-state index in [0.29, 0.717) is 17.1 Å². The van der Waals surface area contributed by atoms with Crippen molar-refractivity contribution in [2.45, 2.75) is 46.0 Å². The Hall–Kier alpha value is -0.330. The van der Waals surface area contributed by atoms with Crippen LogP contribution in [-0.2, 0) is 4.79 Å². The minimum Gasteiger partial charge on any atom is -0.300 e. The number of ketones is 1. The van der Waals surface area contributed by atoms with Gasteiger partial charge in [-0.2, -0.15) is 0 Å². The van der Waals surface area contributed by atoms with Crippen molar-refractivity contribution >= 4 is 5.78 Å². The lowest BCUT2D eigenvalue weighted by Gasteiger charge is -2.38. The number of hydrogen-bond donors (Lipinski definition) is 0. The van der Waals surface area contributed by atoms with Crippen molar-refractivity contribution in [2.75, 3.05) is 0 Å². The van der Waals surface area contributed by atoms with Crippen molar-refractivity contribution in [3.05, 3.63) is 0 Å². The Morgan fingerprint density at radius 1 is 1.42 bits per heavy atom. The molecule has 0 amide bonds. The van der Waals surface area contributed by atoms with Crippen molar-refractivity contribution in [2.24, 2.45) is 17.3 Å². The first-order chi connectivity index (χ1) is 5.63. The van der Waals surface area contributed by atoms with Gasteiger partial charge < -0.3 is 0 Å². The number of rotatable bonds is 0. The van der Waals surface area contributed by atoms with Gasteiger partial charge >= 0.3 is 0 Å². The normalized spacial score (nSPS) is 47.7. The third kappa shape index (κ3) is 1.02. The van der Waals surface area contributed by atoms with Crippen molar-refractivity contribution in [3.63, 3.8) is 0 Å². The summed E-state index contributed by atoms with van der Waals surface area (Å²) in [6.45, 7) is 4.75. The fraction of sp³-hybridized carbons (Fsp3) is 0.909. The van der Waals surface area contributed by atoms with E-state index in [1.807, 2.05) is 0 Å². The molecule has 0 radical (unpaired) electrons. The van der Waals surface area contributed by atoms with Crippen LogP contribution in [0.2, 0.25) is 0 Å². The van der Waals surface area contributed by atoms with E-state index in [-0.39, 0.29) is 0 Å². The van der Waals surface area contributed by atoms with Crippen LogP contribution in [0, 0.1) is 17.3 Å². The standard InChI is InChI=1S/C11H18O/c1-8-3-4-9-7-10(12)5-6-11(8,9)2/h8-9H,3-7H2,1-2H3. The number of hydrogen-bond acceptors (Lipinski definition) is 1. The summed E-state index contributed by atoms with van der Waals surface area (Å²) >= 11 is 0. The maximum absolute atomic E-state index is 11.3. The molecule has 0 saturated heterocycles. The maximum Gasteiger partial charge on any atom is 0.133 e. The zero-order chi connectivity index (χ0) is 8.77. The first-order valence-electron chi connectivity index (χ1n) is 5.14. The highest BCUT2D eigenvalue weighted by atomic mass is 16.1. The largest absolute Gasteiger partial charge is 0.300 e. The van der Waals surface area contributed by atoms with Crippen molar-refractivity contribution < 1.29 is 4.79 Å². The van der Waals surface area contributed by atoms with E-state index in [9.17, 15) is 4.79 Å². The lowest BCUT2D eigenvalue weighted by atomic mass is 9.66. The molecule has 2 rings (SSSR count). The minimum absolute atomic E-state index is 0.506. The van der Waals surface area contributed by atoms with Gasteiger partial charge in [0.1, 0.15) is 5.78 Å². The van der Waals surface area contributed by atoms with E-state index >= 15 is 0 Å². The Bertz CT molecular complexity index is 209. The molecule has 2 aliphatic rings. The summed E-state index contributed by atoms with van der Waals surface area (Å²) < 4.78 is 0. The van der Waals surface area contributed by atoms with Gasteiger partial charge in [-0.05, 0) is 36.5 Å². The SMILES string of the molecule is CC1CCC2CC(=O)CCC12C. The molecule has 2 aliphatic carbocycles. The predicted octanol–water partition coefficient (Wildman–Crippen LogP) is 2.79. The Morgan fingerprint density at radius 2 is 2.17 bits per heavy atom. The molecule has 0 heterocycles. The molecule has 0 spiro atoms. The Kier molecular flexibility index (Phi) is 1.78. The van der Waals surface area contributed by atoms with Gasteiger partial charge in [0.15, 0.2) is 0 Å². The minimum atomic E-state index is 0.506. The van der Waals surface area contributed by atoms with Crippen LogP contribution in [0.25, 0.3) is 0 Å². The molecule has 3 unspecified atom stereocenters. The van der Waals surface area contributed by atoms with Gasteiger partial charge in [0.2, 0.25) is 0 Å². The Morgan fingerprint density at radius 3 is 2.92 bits per heavy atom. The number of carbonyl (C=O) groups is 1. The van der Waals surface area contributed by atoms with Crippen LogP contribution in [-0.4, -0.2) is 5.78 Å². The molecule has 12 heavy (non-hydrogen) atoms. The summed E-state index contributed by atoms with van der Waals surface area (Å²) in [6, 6.07) is 0. The van der Waals surface area contributed by atoms with Gasteiger partial charge in [0.25, 0.3) is 0 Å². The molecule has 2 fully saturated rings. The molecule has 68 valence electrons. The Balaban J connectivity index is 2.19. The smallest absolute Gasteiger partial charge is 0.133 e. The molecule has 2 saturated carbocycles. The second-order valence-electron chi connectivity index (χ2n) is 4.92. The van der Waals surface area contributed by atoms with Crippen molar-refractivity contribution in [3.8, 4) is 0 Å². The Labute approximate surface area is 74.5 Å². The summed E-state index contributed by atoms with van der Waals surface area (Å²) in [5.41, 5.74) is 0.508. The fourth-order valence-electron chi connectivity index (χ4n) is 3.08. The number of carbonyl (C=O) groups excluding carboxylic acids is 1. The molecular weight excluding hydrogens is 148 g/mol. The summed E-state index contributed by atoms with van der Waals surface area (Å²) in [6.07, 6.45) is 5.51. The molecule has 0 bridgehead atoms. The zero-order valence-corrected chi connectivity index (χ0v) is 8.10. The molecule has 0 N–H and O–H groups in total. The van der Waals surface area contributed by atoms with Crippen molar-refractivity contribution in [1.29, 1.82) is 0 Å². The van der Waals surface area contributed by atoms with Gasteiger partial charge in [-0.3, -0.25) is 4.79 Å². The van der Waals surface area contributed by atoms with E-state index in [4.69, 9.17) is 0 Å². The van der Waals surface area contributed by atoms with E-state index < -0.39 is 0 Å². The highest BCUT2D eigenvalue weighted by Crippen LogP contribution is 2.54. The van der Waals surface area contributed by atoms with Gasteiger partial charge in [-0.1, -0.05) is 13.8 Å². The summed E-state index contributed by atoms with van der Waals surface area (Å²) in [4.78, 5) is 11.3. The second kappa shape index (κ2) is 2.58. The fourth-order valence-corrected chi connectivity index (χ4v) is 3.08. The van der Waals surface area contributed by atoms with Gasteiger partial charge in [-0.15, -0.1) is 0 Å². The topological polar surface area (TPSA) is 17.1 Å². The monoisotopic (exact) mass is 166 g/mol. The molecule has 1 nitrogen and oxygen atoms in total. The average Bonchev–Trinajstić information content (AvgIpc) is 2.31. The number of fused-ring (bicyclic) bond motifs is 1. The summed E-state index contributed by atoms with van der Waals surface area (Å²) in [7, 11) is 0. The third-order valence-electron chi connectivity index (χ3n) is 4.42. The van der Waals surface area contributed by atoms with Crippen LogP contribution in [0.3, 0.4) is 0 Å². The molecule has 0 aromatic rings. The highest BCUT2D eigenvalue weighted by molar-refractivity contribution is 5.79. The van der Waals surface area contributed by atoms with Crippen molar-refractivity contribution in [1.82, 2.24) is 0 Å². The van der Waals surface area contributed by atoms with Crippen LogP contribution < -0.4 is 0 Å². The van der Waals surface area contributed by atoms with Gasteiger partial charge in [0, 0.05) is 12.8 Å². The first-order valence-corrected chi connectivity index (χ1v) is 5.14. The van der Waals surface area contributed by atoms with E-state index in [1.165, 1.54) is 12.8 Å². The number of Topliss-reactive ketones (excluding diaryl/α,β-unsaturated/α-hetero) is 1. The highest BCUT2D eigenvalue weighted by Gasteiger charge is 2.46. The molecule has 0 aliphatic heterocycles. The van der Waals surface area contributed by atoms with E-state index in [2.05, 4.69) is 13.8 Å². The molecule has 0 aromatic heterocycles. The van der Waals surface area contributed by atoms with Crippen LogP contribution in [0.1, 0.15) is 46.0 Å². The average molecular weight is 166 g/mol. The van der Waals surface area contributed by atoms with Crippen LogP contribution >= 0.6 is 0 Å². The molecule has 3 atom stereocenters. The lowest BCUT2D eigenvalue weighted by molar-refractivity contribution is -0.124. The third-order valence-corrected chi connectivity index (χ3v) is 4.42. The molecule has 0 aromatic carbocycles. The maximum atomic E-state index is 11.3. The van der Waals surface area contributed by atoms with Gasteiger partial charge in [-0.25, -0.2) is 0 Å². The van der Waals surface area contributed by atoms with Crippen LogP contribution in [0.4, 0.5) is 0 Å². The van der Waals surface area contributed by atoms with Crippen LogP contribution in [0.15, 0.2) is 0 Å². The zero-order valence-electron chi connectivity index (χ0n) is 8.10. The second-order valence-corrected chi connectivity index (χ2v) is 4.92.